The lowest BCUT2D eigenvalue weighted by molar-refractivity contribution is 1.34. The molecule has 0 saturated carbocycles. The molecule has 2 aromatic carbocycles. The van der Waals surface area contributed by atoms with Crippen LogP contribution in [0.15, 0.2) is 59.2 Å². The number of aryl methyl sites for hydroxylation is 1. The molecule has 0 aromatic heterocycles. The summed E-state index contributed by atoms with van der Waals surface area (Å²) in [6, 6.07) is 20.1. The smallest absolute Gasteiger partial charge is 0.148 e. The Morgan fingerprint density at radius 1 is 0.917 bits per heavy atom. The van der Waals surface area contributed by atoms with Gasteiger partial charge in [0.1, 0.15) is 23.8 Å². The summed E-state index contributed by atoms with van der Waals surface area (Å²) in [5.74, 6) is 0. The Morgan fingerprint density at radius 3 is 2.08 bits per heavy atom. The Kier molecular flexibility index (Phi) is 5.45. The molecule has 24 heavy (non-hydrogen) atoms. The highest BCUT2D eigenvalue weighted by Gasteiger charge is 2.08. The molecule has 0 heterocycles. The van der Waals surface area contributed by atoms with Gasteiger partial charge in [0.15, 0.2) is 0 Å². The molecule has 2 aromatic rings. The van der Waals surface area contributed by atoms with Crippen molar-refractivity contribution in [1.82, 2.24) is 0 Å². The van der Waals surface area contributed by atoms with Crippen molar-refractivity contribution < 1.29 is 0 Å². The standard InChI is InChI=1S/C19H13N5/c1-14-2-4-15(5-3-14)13-23-24-18-8-6-16(7-9-18)19(12-22)17(10-20)11-21/h2-9,13,24H,1H3/b23-13-. The quantitative estimate of drug-likeness (QED) is 0.528. The molecule has 0 amide bonds. The van der Waals surface area contributed by atoms with Crippen LogP contribution in [0, 0.1) is 40.9 Å². The molecule has 0 fully saturated rings. The van der Waals surface area contributed by atoms with Crippen LogP contribution in [0.3, 0.4) is 0 Å². The van der Waals surface area contributed by atoms with Crippen molar-refractivity contribution in [3.05, 3.63) is 70.8 Å². The van der Waals surface area contributed by atoms with Crippen molar-refractivity contribution in [2.75, 3.05) is 5.43 Å². The first-order valence-corrected chi connectivity index (χ1v) is 7.08. The van der Waals surface area contributed by atoms with Crippen molar-refractivity contribution in [2.24, 2.45) is 5.10 Å². The summed E-state index contributed by atoms with van der Waals surface area (Å²) in [6.07, 6.45) is 1.71. The Morgan fingerprint density at radius 2 is 1.54 bits per heavy atom. The zero-order valence-electron chi connectivity index (χ0n) is 13.0. The molecule has 0 unspecified atom stereocenters. The van der Waals surface area contributed by atoms with Crippen LogP contribution in [0.1, 0.15) is 16.7 Å². The van der Waals surface area contributed by atoms with Gasteiger partial charge in [-0.15, -0.1) is 0 Å². The number of nitrogens with one attached hydrogen (secondary N) is 1. The van der Waals surface area contributed by atoms with Crippen LogP contribution < -0.4 is 5.43 Å². The third kappa shape index (κ3) is 4.07. The zero-order chi connectivity index (χ0) is 17.4. The van der Waals surface area contributed by atoms with Crippen molar-refractivity contribution in [3.63, 3.8) is 0 Å². The highest BCUT2D eigenvalue weighted by molar-refractivity contribution is 5.85. The van der Waals surface area contributed by atoms with Crippen LogP contribution in [-0.2, 0) is 0 Å². The third-order valence-corrected chi connectivity index (χ3v) is 3.24. The lowest BCUT2D eigenvalue weighted by Gasteiger charge is -2.03. The Labute approximate surface area is 140 Å². The number of nitrogens with zero attached hydrogens (tertiary/aromatic N) is 4. The molecule has 5 nitrogen and oxygen atoms in total. The highest BCUT2D eigenvalue weighted by atomic mass is 15.3. The number of rotatable bonds is 4. The van der Waals surface area contributed by atoms with Gasteiger partial charge in [0.25, 0.3) is 0 Å². The van der Waals surface area contributed by atoms with E-state index in [0.29, 0.717) is 5.56 Å². The predicted octanol–water partition coefficient (Wildman–Crippen LogP) is 3.77. The average molecular weight is 311 g/mol. The second-order valence-corrected chi connectivity index (χ2v) is 4.94. The average Bonchev–Trinajstić information content (AvgIpc) is 2.62. The van der Waals surface area contributed by atoms with Crippen LogP contribution in [0.25, 0.3) is 5.57 Å². The number of anilines is 1. The van der Waals surface area contributed by atoms with E-state index in [1.807, 2.05) is 37.3 Å². The lowest BCUT2D eigenvalue weighted by Crippen LogP contribution is -1.92. The summed E-state index contributed by atoms with van der Waals surface area (Å²) in [6.45, 7) is 2.02. The van der Waals surface area contributed by atoms with Crippen LogP contribution in [0.4, 0.5) is 5.69 Å². The van der Waals surface area contributed by atoms with Crippen molar-refractivity contribution >= 4 is 17.5 Å². The van der Waals surface area contributed by atoms with Crippen molar-refractivity contribution in [1.29, 1.82) is 15.8 Å². The Bertz CT molecular complexity index is 883. The van der Waals surface area contributed by atoms with Gasteiger partial charge in [-0.05, 0) is 30.2 Å². The maximum absolute atomic E-state index is 9.12. The van der Waals surface area contributed by atoms with Gasteiger partial charge in [-0.2, -0.15) is 20.9 Å². The largest absolute Gasteiger partial charge is 0.279 e. The minimum Gasteiger partial charge on any atom is -0.279 e. The molecular weight excluding hydrogens is 298 g/mol. The topological polar surface area (TPSA) is 95.8 Å². The third-order valence-electron chi connectivity index (χ3n) is 3.24. The van der Waals surface area contributed by atoms with E-state index < -0.39 is 0 Å². The van der Waals surface area contributed by atoms with Gasteiger partial charge >= 0.3 is 0 Å². The highest BCUT2D eigenvalue weighted by Crippen LogP contribution is 2.20. The van der Waals surface area contributed by atoms with E-state index >= 15 is 0 Å². The molecule has 5 heteroatoms. The van der Waals surface area contributed by atoms with E-state index in [2.05, 4.69) is 10.5 Å². The summed E-state index contributed by atoms with van der Waals surface area (Å²) < 4.78 is 0. The molecule has 0 spiro atoms. The monoisotopic (exact) mass is 311 g/mol. The number of benzene rings is 2. The number of hydrogen-bond acceptors (Lipinski definition) is 5. The molecule has 0 aliphatic rings. The molecule has 0 radical (unpaired) electrons. The van der Waals surface area contributed by atoms with E-state index in [1.54, 1.807) is 42.6 Å². The number of allylic oxidation sites excluding steroid dienone is 2. The SMILES string of the molecule is Cc1ccc(/C=N\Nc2ccc(C(C#N)=C(C#N)C#N)cc2)cc1. The fraction of sp³-hybridized carbons (Fsp3) is 0.0526. The summed E-state index contributed by atoms with van der Waals surface area (Å²) in [5.41, 5.74) is 6.17. The second-order valence-electron chi connectivity index (χ2n) is 4.94. The van der Waals surface area contributed by atoms with Gasteiger partial charge < -0.3 is 0 Å². The predicted molar refractivity (Wildman–Crippen MR) is 92.6 cm³/mol. The van der Waals surface area contributed by atoms with Crippen molar-refractivity contribution in [3.8, 4) is 18.2 Å². The summed E-state index contributed by atoms with van der Waals surface area (Å²) in [7, 11) is 0. The molecule has 0 atom stereocenters. The number of hydrazone groups is 1. The first-order chi connectivity index (χ1) is 11.7. The van der Waals surface area contributed by atoms with Gasteiger partial charge in [-0.1, -0.05) is 42.0 Å². The maximum atomic E-state index is 9.12. The zero-order valence-corrected chi connectivity index (χ0v) is 13.0. The van der Waals surface area contributed by atoms with Gasteiger partial charge in [-0.25, -0.2) is 0 Å². The Hall–Kier alpha value is -3.88. The first-order valence-electron chi connectivity index (χ1n) is 7.08. The second kappa shape index (κ2) is 7.94. The van der Waals surface area contributed by atoms with Crippen molar-refractivity contribution in [2.45, 2.75) is 6.92 Å². The fourth-order valence-electron chi connectivity index (χ4n) is 1.95. The van der Waals surface area contributed by atoms with E-state index in [0.717, 1.165) is 11.3 Å². The van der Waals surface area contributed by atoms with Gasteiger partial charge in [0.05, 0.1) is 17.5 Å². The van der Waals surface area contributed by atoms with Crippen LogP contribution >= 0.6 is 0 Å². The number of nitriles is 3. The first kappa shape index (κ1) is 16.5. The van der Waals surface area contributed by atoms with Gasteiger partial charge in [-0.3, -0.25) is 5.43 Å². The van der Waals surface area contributed by atoms with E-state index in [-0.39, 0.29) is 11.1 Å². The van der Waals surface area contributed by atoms with E-state index in [1.165, 1.54) is 5.56 Å². The Balaban J connectivity index is 2.12. The van der Waals surface area contributed by atoms with E-state index in [4.69, 9.17) is 15.8 Å². The summed E-state index contributed by atoms with van der Waals surface area (Å²) >= 11 is 0. The fourth-order valence-corrected chi connectivity index (χ4v) is 1.95. The summed E-state index contributed by atoms with van der Waals surface area (Å²) in [5, 5.41) is 31.0. The molecule has 1 N–H and O–H groups in total. The van der Waals surface area contributed by atoms with Crippen LogP contribution in [0.5, 0.6) is 0 Å². The van der Waals surface area contributed by atoms with Crippen LogP contribution in [-0.4, -0.2) is 6.21 Å². The van der Waals surface area contributed by atoms with Gasteiger partial charge in [0, 0.05) is 0 Å². The molecule has 0 saturated heterocycles. The van der Waals surface area contributed by atoms with Crippen LogP contribution in [0.2, 0.25) is 0 Å². The normalized spacial score (nSPS) is 9.58. The maximum Gasteiger partial charge on any atom is 0.148 e. The molecular formula is C19H13N5. The molecule has 0 bridgehead atoms. The molecule has 114 valence electrons. The lowest BCUT2D eigenvalue weighted by atomic mass is 10.0. The minimum absolute atomic E-state index is 0.0645. The molecule has 0 aliphatic carbocycles. The minimum atomic E-state index is -0.199. The summed E-state index contributed by atoms with van der Waals surface area (Å²) in [4.78, 5) is 0. The van der Waals surface area contributed by atoms with Gasteiger partial charge in [0.2, 0.25) is 0 Å². The van der Waals surface area contributed by atoms with E-state index in [9.17, 15) is 0 Å². The number of hydrogen-bond donors (Lipinski definition) is 1. The molecule has 0 aliphatic heterocycles. The molecule has 2 rings (SSSR count).